The summed E-state index contributed by atoms with van der Waals surface area (Å²) in [6, 6.07) is 4.94. The minimum absolute atomic E-state index is 0.0174. The quantitative estimate of drug-likeness (QED) is 0.853. The fraction of sp³-hybridized carbons (Fsp3) is 0.400. The second kappa shape index (κ2) is 5.89. The monoisotopic (exact) mass is 298 g/mol. The van der Waals surface area contributed by atoms with Crippen molar-refractivity contribution in [3.8, 4) is 0 Å². The number of nitrogens with two attached hydrogens (primary N) is 1. The van der Waals surface area contributed by atoms with Crippen molar-refractivity contribution in [1.82, 2.24) is 4.90 Å². The number of carbonyl (C=O) groups is 1. The molecule has 1 saturated heterocycles. The second-order valence-corrected chi connectivity index (χ2v) is 5.24. The van der Waals surface area contributed by atoms with Gasteiger partial charge in [-0.05, 0) is 36.6 Å². The third-order valence-corrected chi connectivity index (χ3v) is 3.52. The van der Waals surface area contributed by atoms with Crippen LogP contribution in [0.2, 0.25) is 0 Å². The Morgan fingerprint density at radius 2 is 2.14 bits per heavy atom. The van der Waals surface area contributed by atoms with Gasteiger partial charge in [-0.2, -0.15) is 13.2 Å². The lowest BCUT2D eigenvalue weighted by molar-refractivity contribution is -0.137. The molecule has 6 heteroatoms. The number of hydrogen-bond acceptors (Lipinski definition) is 2. The Balaban J connectivity index is 2.17. The fourth-order valence-corrected chi connectivity index (χ4v) is 2.29. The molecule has 2 rings (SSSR count). The average molecular weight is 298 g/mol. The summed E-state index contributed by atoms with van der Waals surface area (Å²) in [7, 11) is 0. The number of carbonyl (C=O) groups excluding carboxylic acids is 1. The molecule has 1 unspecified atom stereocenters. The van der Waals surface area contributed by atoms with Crippen LogP contribution in [-0.4, -0.2) is 29.9 Å². The van der Waals surface area contributed by atoms with E-state index < -0.39 is 11.7 Å². The molecular weight excluding hydrogens is 281 g/mol. The van der Waals surface area contributed by atoms with E-state index in [0.29, 0.717) is 24.2 Å². The Bertz CT molecular complexity index is 566. The Morgan fingerprint density at radius 3 is 2.71 bits per heavy atom. The van der Waals surface area contributed by atoms with Gasteiger partial charge < -0.3 is 10.6 Å². The van der Waals surface area contributed by atoms with Crippen molar-refractivity contribution in [2.75, 3.05) is 13.1 Å². The highest BCUT2D eigenvalue weighted by molar-refractivity contribution is 5.95. The van der Waals surface area contributed by atoms with Gasteiger partial charge in [-0.15, -0.1) is 0 Å². The summed E-state index contributed by atoms with van der Waals surface area (Å²) in [6.45, 7) is 2.71. The van der Waals surface area contributed by atoms with Crippen LogP contribution < -0.4 is 5.73 Å². The van der Waals surface area contributed by atoms with E-state index >= 15 is 0 Å². The van der Waals surface area contributed by atoms with Crippen LogP contribution in [0, 0.1) is 0 Å². The molecule has 0 aliphatic carbocycles. The van der Waals surface area contributed by atoms with Crippen LogP contribution in [-0.2, 0) is 11.0 Å². The van der Waals surface area contributed by atoms with Crippen LogP contribution >= 0.6 is 0 Å². The molecule has 3 nitrogen and oxygen atoms in total. The number of halogens is 3. The maximum absolute atomic E-state index is 12.7. The Hall–Kier alpha value is -1.82. The predicted molar refractivity (Wildman–Crippen MR) is 74.3 cm³/mol. The van der Waals surface area contributed by atoms with Gasteiger partial charge in [0.2, 0.25) is 5.91 Å². The highest BCUT2D eigenvalue weighted by Gasteiger charge is 2.30. The van der Waals surface area contributed by atoms with Gasteiger partial charge in [0.15, 0.2) is 0 Å². The van der Waals surface area contributed by atoms with Crippen LogP contribution in [0.5, 0.6) is 0 Å². The molecule has 2 N–H and O–H groups in total. The lowest BCUT2D eigenvalue weighted by Crippen LogP contribution is -2.30. The number of alkyl halides is 3. The van der Waals surface area contributed by atoms with E-state index in [1.54, 1.807) is 17.9 Å². The van der Waals surface area contributed by atoms with Crippen LogP contribution in [0.25, 0.3) is 5.57 Å². The van der Waals surface area contributed by atoms with Crippen LogP contribution in [0.3, 0.4) is 0 Å². The van der Waals surface area contributed by atoms with Crippen molar-refractivity contribution in [1.29, 1.82) is 0 Å². The maximum atomic E-state index is 12.7. The van der Waals surface area contributed by atoms with E-state index in [2.05, 4.69) is 0 Å². The lowest BCUT2D eigenvalue weighted by Gasteiger charge is -2.14. The van der Waals surface area contributed by atoms with Crippen molar-refractivity contribution in [2.24, 2.45) is 5.73 Å². The molecule has 1 fully saturated rings. The molecule has 1 aliphatic rings. The SMILES string of the molecule is CC(=CC(=O)N1CCC(N)C1)c1cccc(C(F)(F)F)c1. The number of amides is 1. The first-order chi connectivity index (χ1) is 9.77. The first-order valence-corrected chi connectivity index (χ1v) is 6.68. The summed E-state index contributed by atoms with van der Waals surface area (Å²) in [6.07, 6.45) is -2.27. The van der Waals surface area contributed by atoms with Crippen molar-refractivity contribution in [2.45, 2.75) is 25.6 Å². The summed E-state index contributed by atoms with van der Waals surface area (Å²) in [5.41, 5.74) is 5.91. The highest BCUT2D eigenvalue weighted by atomic mass is 19.4. The summed E-state index contributed by atoms with van der Waals surface area (Å²) < 4.78 is 38.0. The molecule has 0 bridgehead atoms. The Kier molecular flexibility index (Phi) is 4.37. The predicted octanol–water partition coefficient (Wildman–Crippen LogP) is 2.67. The zero-order chi connectivity index (χ0) is 15.6. The second-order valence-electron chi connectivity index (χ2n) is 5.24. The summed E-state index contributed by atoms with van der Waals surface area (Å²) in [4.78, 5) is 13.6. The molecule has 0 saturated carbocycles. The van der Waals surface area contributed by atoms with Crippen molar-refractivity contribution < 1.29 is 18.0 Å². The first kappa shape index (κ1) is 15.6. The van der Waals surface area contributed by atoms with Gasteiger partial charge >= 0.3 is 6.18 Å². The third kappa shape index (κ3) is 3.85. The number of nitrogens with zero attached hydrogens (tertiary/aromatic N) is 1. The lowest BCUT2D eigenvalue weighted by atomic mass is 10.0. The molecule has 1 aromatic rings. The van der Waals surface area contributed by atoms with Gasteiger partial charge in [0.1, 0.15) is 0 Å². The van der Waals surface area contributed by atoms with Gasteiger partial charge in [0.25, 0.3) is 0 Å². The summed E-state index contributed by atoms with van der Waals surface area (Å²) in [5.74, 6) is -0.210. The fourth-order valence-electron chi connectivity index (χ4n) is 2.29. The van der Waals surface area contributed by atoms with Gasteiger partial charge in [-0.3, -0.25) is 4.79 Å². The third-order valence-electron chi connectivity index (χ3n) is 3.52. The molecule has 1 aliphatic heterocycles. The zero-order valence-corrected chi connectivity index (χ0v) is 11.7. The Labute approximate surface area is 121 Å². The molecule has 1 heterocycles. The van der Waals surface area contributed by atoms with Crippen molar-refractivity contribution in [3.05, 3.63) is 41.5 Å². The number of likely N-dealkylation sites (tertiary alicyclic amines) is 1. The first-order valence-electron chi connectivity index (χ1n) is 6.68. The topological polar surface area (TPSA) is 46.3 Å². The molecule has 1 aromatic carbocycles. The van der Waals surface area contributed by atoms with Gasteiger partial charge in [0.05, 0.1) is 5.56 Å². The number of hydrogen-bond donors (Lipinski definition) is 1. The van der Waals surface area contributed by atoms with Crippen LogP contribution in [0.4, 0.5) is 13.2 Å². The molecule has 0 spiro atoms. The largest absolute Gasteiger partial charge is 0.416 e. The minimum Gasteiger partial charge on any atom is -0.338 e. The highest BCUT2D eigenvalue weighted by Crippen LogP contribution is 2.30. The number of benzene rings is 1. The van der Waals surface area contributed by atoms with Gasteiger partial charge in [0, 0.05) is 25.2 Å². The molecule has 21 heavy (non-hydrogen) atoms. The molecule has 0 radical (unpaired) electrons. The zero-order valence-electron chi connectivity index (χ0n) is 11.7. The van der Waals surface area contributed by atoms with Crippen LogP contribution in [0.15, 0.2) is 30.3 Å². The molecule has 1 atom stereocenters. The van der Waals surface area contributed by atoms with Gasteiger partial charge in [-0.25, -0.2) is 0 Å². The average Bonchev–Trinajstić information content (AvgIpc) is 2.84. The van der Waals surface area contributed by atoms with E-state index in [1.807, 2.05) is 0 Å². The molecule has 114 valence electrons. The maximum Gasteiger partial charge on any atom is 0.416 e. The van der Waals surface area contributed by atoms with E-state index in [4.69, 9.17) is 5.73 Å². The Morgan fingerprint density at radius 1 is 1.43 bits per heavy atom. The normalized spacial score (nSPS) is 20.0. The smallest absolute Gasteiger partial charge is 0.338 e. The standard InChI is InChI=1S/C15H17F3N2O/c1-10(7-14(21)20-6-5-13(19)9-20)11-3-2-4-12(8-11)15(16,17)18/h2-4,7-8,13H,5-6,9,19H2,1H3. The number of rotatable bonds is 2. The molecule has 0 aromatic heterocycles. The van der Waals surface area contributed by atoms with Crippen molar-refractivity contribution in [3.63, 3.8) is 0 Å². The van der Waals surface area contributed by atoms with E-state index in [1.165, 1.54) is 12.1 Å². The van der Waals surface area contributed by atoms with E-state index in [0.717, 1.165) is 18.6 Å². The summed E-state index contributed by atoms with van der Waals surface area (Å²) >= 11 is 0. The van der Waals surface area contributed by atoms with Crippen molar-refractivity contribution >= 4 is 11.5 Å². The minimum atomic E-state index is -4.39. The number of allylic oxidation sites excluding steroid dienone is 1. The summed E-state index contributed by atoms with van der Waals surface area (Å²) in [5, 5.41) is 0. The molecule has 1 amide bonds. The van der Waals surface area contributed by atoms with Gasteiger partial charge in [-0.1, -0.05) is 12.1 Å². The molecular formula is C15H17F3N2O. The van der Waals surface area contributed by atoms with E-state index in [9.17, 15) is 18.0 Å². The van der Waals surface area contributed by atoms with E-state index in [-0.39, 0.29) is 11.9 Å². The van der Waals surface area contributed by atoms with Crippen LogP contribution in [0.1, 0.15) is 24.5 Å².